The van der Waals surface area contributed by atoms with E-state index in [1.54, 1.807) is 0 Å². The first kappa shape index (κ1) is 13.3. The molecule has 2 heterocycles. The van der Waals surface area contributed by atoms with Crippen molar-refractivity contribution in [3.63, 3.8) is 0 Å². The Labute approximate surface area is 109 Å². The molecule has 2 atom stereocenters. The Balaban J connectivity index is 2.11. The highest BCUT2D eigenvalue weighted by Gasteiger charge is 2.25. The number of aliphatic hydroxyl groups is 1. The van der Waals surface area contributed by atoms with E-state index in [2.05, 4.69) is 16.0 Å². The largest absolute Gasteiger partial charge is 0.396 e. The minimum atomic E-state index is 0.0465. The number of pyridine rings is 1. The molecule has 1 aromatic rings. The van der Waals surface area contributed by atoms with Crippen LogP contribution in [0.4, 0.5) is 5.82 Å². The highest BCUT2D eigenvalue weighted by Crippen LogP contribution is 2.27. The molecule has 0 amide bonds. The van der Waals surface area contributed by atoms with E-state index < -0.39 is 0 Å². The molecule has 0 spiro atoms. The van der Waals surface area contributed by atoms with Gasteiger partial charge in [0.05, 0.1) is 0 Å². The van der Waals surface area contributed by atoms with E-state index in [1.165, 1.54) is 12.8 Å². The SMILES string of the molecule is CC(N)c1ccnc(N2CCCC2CCCO)c1. The first-order valence-electron chi connectivity index (χ1n) is 6.81. The van der Waals surface area contributed by atoms with Gasteiger partial charge in [-0.15, -0.1) is 0 Å². The van der Waals surface area contributed by atoms with Gasteiger partial charge in [-0.05, 0) is 50.3 Å². The third-order valence-electron chi connectivity index (χ3n) is 3.66. The molecule has 1 saturated heterocycles. The quantitative estimate of drug-likeness (QED) is 0.836. The van der Waals surface area contributed by atoms with Gasteiger partial charge in [-0.2, -0.15) is 0 Å². The molecular formula is C14H23N3O. The van der Waals surface area contributed by atoms with Crippen LogP contribution in [0.25, 0.3) is 0 Å². The van der Waals surface area contributed by atoms with Crippen molar-refractivity contribution in [2.24, 2.45) is 5.73 Å². The van der Waals surface area contributed by atoms with E-state index in [9.17, 15) is 0 Å². The second-order valence-electron chi connectivity index (χ2n) is 5.09. The molecule has 0 radical (unpaired) electrons. The lowest BCUT2D eigenvalue weighted by atomic mass is 10.1. The zero-order chi connectivity index (χ0) is 13.0. The third kappa shape index (κ3) is 3.00. The first-order valence-corrected chi connectivity index (χ1v) is 6.81. The minimum absolute atomic E-state index is 0.0465. The van der Waals surface area contributed by atoms with Gasteiger partial charge in [0.15, 0.2) is 0 Å². The van der Waals surface area contributed by atoms with Crippen LogP contribution in [0.5, 0.6) is 0 Å². The molecular weight excluding hydrogens is 226 g/mol. The van der Waals surface area contributed by atoms with Crippen molar-refractivity contribution in [1.82, 2.24) is 4.98 Å². The summed E-state index contributed by atoms with van der Waals surface area (Å²) in [6.45, 7) is 3.33. The topological polar surface area (TPSA) is 62.4 Å². The van der Waals surface area contributed by atoms with Crippen molar-refractivity contribution in [2.45, 2.75) is 44.7 Å². The van der Waals surface area contributed by atoms with Gasteiger partial charge in [-0.3, -0.25) is 0 Å². The maximum absolute atomic E-state index is 8.95. The second-order valence-corrected chi connectivity index (χ2v) is 5.09. The van der Waals surface area contributed by atoms with E-state index in [1.807, 2.05) is 19.2 Å². The molecule has 3 N–H and O–H groups in total. The minimum Gasteiger partial charge on any atom is -0.396 e. The van der Waals surface area contributed by atoms with Crippen molar-refractivity contribution in [3.8, 4) is 0 Å². The number of anilines is 1. The lowest BCUT2D eigenvalue weighted by Gasteiger charge is -2.26. The van der Waals surface area contributed by atoms with Crippen molar-refractivity contribution in [2.75, 3.05) is 18.1 Å². The number of nitrogens with zero attached hydrogens (tertiary/aromatic N) is 2. The highest BCUT2D eigenvalue weighted by molar-refractivity contribution is 5.44. The van der Waals surface area contributed by atoms with E-state index in [4.69, 9.17) is 10.8 Å². The smallest absolute Gasteiger partial charge is 0.129 e. The molecule has 0 aliphatic carbocycles. The van der Waals surface area contributed by atoms with Crippen LogP contribution in [-0.4, -0.2) is 29.3 Å². The summed E-state index contributed by atoms with van der Waals surface area (Å²) in [5.74, 6) is 1.03. The molecule has 1 aliphatic rings. The predicted molar refractivity (Wildman–Crippen MR) is 73.5 cm³/mol. The van der Waals surface area contributed by atoms with Crippen LogP contribution in [0.15, 0.2) is 18.3 Å². The zero-order valence-electron chi connectivity index (χ0n) is 11.0. The van der Waals surface area contributed by atoms with Crippen LogP contribution in [0.1, 0.15) is 44.2 Å². The fourth-order valence-corrected chi connectivity index (χ4v) is 2.64. The summed E-state index contributed by atoms with van der Waals surface area (Å²) < 4.78 is 0. The Morgan fingerprint density at radius 1 is 1.61 bits per heavy atom. The number of aromatic nitrogens is 1. The van der Waals surface area contributed by atoms with Crippen LogP contribution in [0, 0.1) is 0 Å². The summed E-state index contributed by atoms with van der Waals surface area (Å²) >= 11 is 0. The fourth-order valence-electron chi connectivity index (χ4n) is 2.64. The van der Waals surface area contributed by atoms with Crippen LogP contribution in [-0.2, 0) is 0 Å². The number of hydrogen-bond acceptors (Lipinski definition) is 4. The number of hydrogen-bond donors (Lipinski definition) is 2. The fraction of sp³-hybridized carbons (Fsp3) is 0.643. The van der Waals surface area contributed by atoms with Gasteiger partial charge in [-0.1, -0.05) is 0 Å². The molecule has 100 valence electrons. The second kappa shape index (κ2) is 6.16. The highest BCUT2D eigenvalue weighted by atomic mass is 16.2. The van der Waals surface area contributed by atoms with Gasteiger partial charge in [0.25, 0.3) is 0 Å². The Morgan fingerprint density at radius 2 is 2.44 bits per heavy atom. The normalized spacial score (nSPS) is 21.3. The molecule has 1 aromatic heterocycles. The third-order valence-corrected chi connectivity index (χ3v) is 3.66. The molecule has 0 bridgehead atoms. The molecule has 0 saturated carbocycles. The summed E-state index contributed by atoms with van der Waals surface area (Å²) in [7, 11) is 0. The maximum Gasteiger partial charge on any atom is 0.129 e. The summed E-state index contributed by atoms with van der Waals surface area (Å²) in [4.78, 5) is 6.83. The van der Waals surface area contributed by atoms with Gasteiger partial charge in [-0.25, -0.2) is 4.98 Å². The van der Waals surface area contributed by atoms with Crippen LogP contribution in [0.2, 0.25) is 0 Å². The summed E-state index contributed by atoms with van der Waals surface area (Å²) in [5, 5.41) is 8.95. The Kier molecular flexibility index (Phi) is 4.55. The Morgan fingerprint density at radius 3 is 3.17 bits per heavy atom. The van der Waals surface area contributed by atoms with E-state index in [0.29, 0.717) is 6.04 Å². The van der Waals surface area contributed by atoms with Crippen LogP contribution in [0.3, 0.4) is 0 Å². The zero-order valence-corrected chi connectivity index (χ0v) is 11.0. The summed E-state index contributed by atoms with van der Waals surface area (Å²) in [5.41, 5.74) is 7.05. The molecule has 0 aromatic carbocycles. The molecule has 2 rings (SSSR count). The lowest BCUT2D eigenvalue weighted by Crippen LogP contribution is -2.30. The number of rotatable bonds is 5. The Bertz CT molecular complexity index is 381. The molecule has 4 heteroatoms. The first-order chi connectivity index (χ1) is 8.72. The van der Waals surface area contributed by atoms with Gasteiger partial charge < -0.3 is 15.7 Å². The molecule has 18 heavy (non-hydrogen) atoms. The molecule has 1 fully saturated rings. The lowest BCUT2D eigenvalue weighted by molar-refractivity contribution is 0.279. The van der Waals surface area contributed by atoms with E-state index >= 15 is 0 Å². The molecule has 4 nitrogen and oxygen atoms in total. The van der Waals surface area contributed by atoms with Crippen LogP contribution >= 0.6 is 0 Å². The molecule has 2 unspecified atom stereocenters. The van der Waals surface area contributed by atoms with Gasteiger partial charge in [0.1, 0.15) is 5.82 Å². The van der Waals surface area contributed by atoms with Crippen molar-refractivity contribution in [1.29, 1.82) is 0 Å². The van der Waals surface area contributed by atoms with Gasteiger partial charge in [0, 0.05) is 31.4 Å². The summed E-state index contributed by atoms with van der Waals surface area (Å²) in [6.07, 6.45) is 6.16. The monoisotopic (exact) mass is 249 g/mol. The standard InChI is InChI=1S/C14H23N3O/c1-11(15)12-6-7-16-14(10-12)17-8-2-4-13(17)5-3-9-18/h6-7,10-11,13,18H,2-5,8-9,15H2,1H3. The van der Waals surface area contributed by atoms with Crippen LogP contribution < -0.4 is 10.6 Å². The predicted octanol–water partition coefficient (Wildman–Crippen LogP) is 1.84. The van der Waals surface area contributed by atoms with E-state index in [0.717, 1.165) is 30.8 Å². The molecule has 1 aliphatic heterocycles. The van der Waals surface area contributed by atoms with Crippen molar-refractivity contribution in [3.05, 3.63) is 23.9 Å². The van der Waals surface area contributed by atoms with Gasteiger partial charge >= 0.3 is 0 Å². The average molecular weight is 249 g/mol. The maximum atomic E-state index is 8.95. The number of nitrogens with two attached hydrogens (primary N) is 1. The van der Waals surface area contributed by atoms with Crippen molar-refractivity contribution < 1.29 is 5.11 Å². The van der Waals surface area contributed by atoms with Gasteiger partial charge in [0.2, 0.25) is 0 Å². The average Bonchev–Trinajstić information content (AvgIpc) is 2.84. The summed E-state index contributed by atoms with van der Waals surface area (Å²) in [6, 6.07) is 4.65. The van der Waals surface area contributed by atoms with Crippen molar-refractivity contribution >= 4 is 5.82 Å². The van der Waals surface area contributed by atoms with E-state index in [-0.39, 0.29) is 12.6 Å². The number of aliphatic hydroxyl groups excluding tert-OH is 1. The Hall–Kier alpha value is -1.13.